The van der Waals surface area contributed by atoms with Crippen LogP contribution in [0.25, 0.3) is 10.9 Å². The van der Waals surface area contributed by atoms with Crippen molar-refractivity contribution in [1.82, 2.24) is 10.3 Å². The Hall–Kier alpha value is -1.77. The van der Waals surface area contributed by atoms with Gasteiger partial charge in [-0.1, -0.05) is 19.1 Å². The average Bonchev–Trinajstić information content (AvgIpc) is 2.70. The molecule has 0 spiro atoms. The van der Waals surface area contributed by atoms with Crippen molar-refractivity contribution in [3.63, 3.8) is 0 Å². The Labute approximate surface area is 100 Å². The first-order valence-electron chi connectivity index (χ1n) is 6.15. The van der Waals surface area contributed by atoms with Gasteiger partial charge in [0.15, 0.2) is 0 Å². The minimum Gasteiger partial charge on any atom is -0.361 e. The van der Waals surface area contributed by atoms with Crippen LogP contribution >= 0.6 is 0 Å². The molecule has 0 saturated carbocycles. The van der Waals surface area contributed by atoms with Crippen molar-refractivity contribution in [2.75, 3.05) is 0 Å². The SMILES string of the molecule is CCC1Cc2c[nH]c3cccc(c23)CC(=O)N1. The van der Waals surface area contributed by atoms with E-state index in [-0.39, 0.29) is 11.9 Å². The molecule has 1 aliphatic heterocycles. The summed E-state index contributed by atoms with van der Waals surface area (Å²) >= 11 is 0. The molecule has 0 radical (unpaired) electrons. The highest BCUT2D eigenvalue weighted by molar-refractivity contribution is 5.92. The molecule has 1 aromatic carbocycles. The molecule has 3 heteroatoms. The predicted molar refractivity (Wildman–Crippen MR) is 67.9 cm³/mol. The number of H-pyrrole nitrogens is 1. The average molecular weight is 228 g/mol. The molecule has 1 aliphatic rings. The first-order chi connectivity index (χ1) is 8.28. The van der Waals surface area contributed by atoms with Crippen molar-refractivity contribution < 1.29 is 4.79 Å². The number of aromatic amines is 1. The maximum absolute atomic E-state index is 11.9. The standard InChI is InChI=1S/C14H16N2O/c1-2-11-6-10-8-15-12-5-3-4-9(14(10)12)7-13(17)16-11/h3-5,8,11,15H,2,6-7H2,1H3,(H,16,17). The van der Waals surface area contributed by atoms with Gasteiger partial charge in [-0.05, 0) is 30.0 Å². The van der Waals surface area contributed by atoms with Crippen LogP contribution in [0.15, 0.2) is 24.4 Å². The van der Waals surface area contributed by atoms with Crippen molar-refractivity contribution in [2.24, 2.45) is 0 Å². The molecule has 88 valence electrons. The zero-order chi connectivity index (χ0) is 11.8. The van der Waals surface area contributed by atoms with E-state index in [1.807, 2.05) is 12.1 Å². The maximum atomic E-state index is 11.9. The van der Waals surface area contributed by atoms with Crippen molar-refractivity contribution in [3.8, 4) is 0 Å². The monoisotopic (exact) mass is 228 g/mol. The lowest BCUT2D eigenvalue weighted by molar-refractivity contribution is -0.121. The van der Waals surface area contributed by atoms with Crippen LogP contribution < -0.4 is 5.32 Å². The number of hydrogen-bond acceptors (Lipinski definition) is 1. The van der Waals surface area contributed by atoms with Crippen LogP contribution in [-0.2, 0) is 17.6 Å². The molecule has 1 aromatic heterocycles. The summed E-state index contributed by atoms with van der Waals surface area (Å²) in [6, 6.07) is 6.38. The summed E-state index contributed by atoms with van der Waals surface area (Å²) in [5.74, 6) is 0.135. The normalized spacial score (nSPS) is 19.8. The fourth-order valence-corrected chi connectivity index (χ4v) is 2.66. The van der Waals surface area contributed by atoms with Gasteiger partial charge in [0.2, 0.25) is 5.91 Å². The van der Waals surface area contributed by atoms with E-state index >= 15 is 0 Å². The Bertz CT molecular complexity index is 571. The number of aromatic nitrogens is 1. The van der Waals surface area contributed by atoms with Crippen molar-refractivity contribution in [3.05, 3.63) is 35.5 Å². The summed E-state index contributed by atoms with van der Waals surface area (Å²) in [7, 11) is 0. The molecule has 3 rings (SSSR count). The van der Waals surface area contributed by atoms with Gasteiger partial charge in [0.25, 0.3) is 0 Å². The number of benzene rings is 1. The van der Waals surface area contributed by atoms with Gasteiger partial charge < -0.3 is 10.3 Å². The third-order valence-corrected chi connectivity index (χ3v) is 3.55. The van der Waals surface area contributed by atoms with Gasteiger partial charge in [0.1, 0.15) is 0 Å². The summed E-state index contributed by atoms with van der Waals surface area (Å²) in [5.41, 5.74) is 3.59. The number of carbonyl (C=O) groups is 1. The molecule has 0 aliphatic carbocycles. The van der Waals surface area contributed by atoms with Gasteiger partial charge in [0.05, 0.1) is 6.42 Å². The van der Waals surface area contributed by atoms with E-state index in [9.17, 15) is 4.79 Å². The van der Waals surface area contributed by atoms with Gasteiger partial charge in [-0.25, -0.2) is 0 Å². The Morgan fingerprint density at radius 2 is 2.24 bits per heavy atom. The van der Waals surface area contributed by atoms with Crippen molar-refractivity contribution >= 4 is 16.8 Å². The molecule has 2 N–H and O–H groups in total. The molecule has 3 nitrogen and oxygen atoms in total. The Morgan fingerprint density at radius 3 is 3.06 bits per heavy atom. The minimum absolute atomic E-state index is 0.135. The molecule has 17 heavy (non-hydrogen) atoms. The van der Waals surface area contributed by atoms with E-state index in [1.54, 1.807) is 0 Å². The zero-order valence-electron chi connectivity index (χ0n) is 9.92. The molecular weight excluding hydrogens is 212 g/mol. The second-order valence-corrected chi connectivity index (χ2v) is 4.71. The van der Waals surface area contributed by atoms with Crippen LogP contribution in [0.1, 0.15) is 24.5 Å². The van der Waals surface area contributed by atoms with Crippen LogP contribution in [0, 0.1) is 0 Å². The van der Waals surface area contributed by atoms with E-state index < -0.39 is 0 Å². The number of carbonyl (C=O) groups excluding carboxylic acids is 1. The highest BCUT2D eigenvalue weighted by Crippen LogP contribution is 2.26. The molecule has 0 saturated heterocycles. The summed E-state index contributed by atoms with van der Waals surface area (Å²) in [6.07, 6.45) is 4.45. The van der Waals surface area contributed by atoms with Crippen LogP contribution in [-0.4, -0.2) is 16.9 Å². The Kier molecular flexibility index (Phi) is 2.39. The largest absolute Gasteiger partial charge is 0.361 e. The van der Waals surface area contributed by atoms with Crippen molar-refractivity contribution in [2.45, 2.75) is 32.2 Å². The highest BCUT2D eigenvalue weighted by Gasteiger charge is 2.19. The highest BCUT2D eigenvalue weighted by atomic mass is 16.1. The predicted octanol–water partition coefficient (Wildman–Crippen LogP) is 2.16. The van der Waals surface area contributed by atoms with Gasteiger partial charge in [-0.2, -0.15) is 0 Å². The summed E-state index contributed by atoms with van der Waals surface area (Å²) < 4.78 is 0. The first-order valence-corrected chi connectivity index (χ1v) is 6.15. The van der Waals surface area contributed by atoms with Crippen LogP contribution in [0.3, 0.4) is 0 Å². The molecule has 1 atom stereocenters. The minimum atomic E-state index is 0.135. The lowest BCUT2D eigenvalue weighted by atomic mass is 9.96. The Balaban J connectivity index is 2.18. The van der Waals surface area contributed by atoms with E-state index in [4.69, 9.17) is 0 Å². The molecule has 2 heterocycles. The summed E-state index contributed by atoms with van der Waals surface area (Å²) in [6.45, 7) is 2.11. The first kappa shape index (κ1) is 10.4. The number of nitrogens with one attached hydrogen (secondary N) is 2. The lowest BCUT2D eigenvalue weighted by Gasteiger charge is -2.20. The second kappa shape index (κ2) is 3.91. The molecule has 0 fully saturated rings. The third-order valence-electron chi connectivity index (χ3n) is 3.55. The number of amides is 1. The molecule has 2 aromatic rings. The van der Waals surface area contributed by atoms with Gasteiger partial charge in [-0.3, -0.25) is 4.79 Å². The van der Waals surface area contributed by atoms with Crippen molar-refractivity contribution in [1.29, 1.82) is 0 Å². The molecule has 1 unspecified atom stereocenters. The molecule has 1 amide bonds. The fraction of sp³-hybridized carbons (Fsp3) is 0.357. The number of rotatable bonds is 1. The van der Waals surface area contributed by atoms with Crippen LogP contribution in [0.2, 0.25) is 0 Å². The van der Waals surface area contributed by atoms with E-state index in [0.717, 1.165) is 23.9 Å². The van der Waals surface area contributed by atoms with Crippen LogP contribution in [0.5, 0.6) is 0 Å². The summed E-state index contributed by atoms with van der Waals surface area (Å²) in [4.78, 5) is 15.2. The smallest absolute Gasteiger partial charge is 0.224 e. The maximum Gasteiger partial charge on any atom is 0.224 e. The van der Waals surface area contributed by atoms with E-state index in [1.165, 1.54) is 10.9 Å². The quantitative estimate of drug-likeness (QED) is 0.772. The number of hydrogen-bond donors (Lipinski definition) is 2. The third kappa shape index (κ3) is 1.71. The van der Waals surface area contributed by atoms with Gasteiger partial charge >= 0.3 is 0 Å². The molecule has 0 bridgehead atoms. The van der Waals surface area contributed by atoms with Crippen LogP contribution in [0.4, 0.5) is 0 Å². The summed E-state index contributed by atoms with van der Waals surface area (Å²) in [5, 5.41) is 4.34. The molecular formula is C14H16N2O. The zero-order valence-corrected chi connectivity index (χ0v) is 9.92. The Morgan fingerprint density at radius 1 is 1.35 bits per heavy atom. The van der Waals surface area contributed by atoms with E-state index in [2.05, 4.69) is 29.5 Å². The topological polar surface area (TPSA) is 44.9 Å². The lowest BCUT2D eigenvalue weighted by Crippen LogP contribution is -2.37. The van der Waals surface area contributed by atoms with Gasteiger partial charge in [-0.15, -0.1) is 0 Å². The second-order valence-electron chi connectivity index (χ2n) is 4.71. The van der Waals surface area contributed by atoms with Gasteiger partial charge in [0, 0.05) is 23.1 Å². The van der Waals surface area contributed by atoms with E-state index in [0.29, 0.717) is 6.42 Å². The fourth-order valence-electron chi connectivity index (χ4n) is 2.66.